The Labute approximate surface area is 208 Å². The van der Waals surface area contributed by atoms with E-state index in [9.17, 15) is 13.5 Å². The highest BCUT2D eigenvalue weighted by Crippen LogP contribution is 2.23. The summed E-state index contributed by atoms with van der Waals surface area (Å²) in [5.41, 5.74) is 2.87. The van der Waals surface area contributed by atoms with Crippen molar-refractivity contribution in [2.24, 2.45) is 0 Å². The van der Waals surface area contributed by atoms with Crippen LogP contribution in [0, 0.1) is 0 Å². The molecule has 1 unspecified atom stereocenters. The van der Waals surface area contributed by atoms with Crippen molar-refractivity contribution < 1.29 is 18.4 Å². The Hall–Kier alpha value is -3.45. The number of anilines is 1. The van der Waals surface area contributed by atoms with Crippen LogP contribution >= 0.6 is 0 Å². The molecular formula is C29H31N2O3S+. The molecular weight excluding hydrogens is 456 g/mol. The maximum atomic E-state index is 13.5. The van der Waals surface area contributed by atoms with Gasteiger partial charge in [0.2, 0.25) is 0 Å². The summed E-state index contributed by atoms with van der Waals surface area (Å²) in [6, 6.07) is 37.7. The summed E-state index contributed by atoms with van der Waals surface area (Å²) in [6.45, 7) is 1.82. The fourth-order valence-corrected chi connectivity index (χ4v) is 5.74. The van der Waals surface area contributed by atoms with E-state index in [1.807, 2.05) is 42.5 Å². The molecule has 0 bridgehead atoms. The van der Waals surface area contributed by atoms with Crippen LogP contribution < -0.4 is 9.21 Å². The van der Waals surface area contributed by atoms with Crippen molar-refractivity contribution in [3.05, 3.63) is 132 Å². The molecule has 2 N–H and O–H groups in total. The van der Waals surface area contributed by atoms with Gasteiger partial charge in [0, 0.05) is 11.1 Å². The average molecular weight is 488 g/mol. The van der Waals surface area contributed by atoms with Gasteiger partial charge in [0.05, 0.1) is 17.1 Å². The lowest BCUT2D eigenvalue weighted by Gasteiger charge is -2.29. The van der Waals surface area contributed by atoms with E-state index in [0.29, 0.717) is 12.2 Å². The minimum atomic E-state index is -3.84. The molecule has 0 aromatic heterocycles. The van der Waals surface area contributed by atoms with Gasteiger partial charge in [-0.05, 0) is 24.3 Å². The summed E-state index contributed by atoms with van der Waals surface area (Å²) in [4.78, 5) is 1.36. The third-order valence-electron chi connectivity index (χ3n) is 5.87. The van der Waals surface area contributed by atoms with Gasteiger partial charge < -0.3 is 10.0 Å². The second-order valence-electron chi connectivity index (χ2n) is 8.62. The Morgan fingerprint density at radius 2 is 1.09 bits per heavy atom. The molecule has 35 heavy (non-hydrogen) atoms. The van der Waals surface area contributed by atoms with Crippen LogP contribution in [0.3, 0.4) is 0 Å². The Morgan fingerprint density at radius 1 is 0.657 bits per heavy atom. The van der Waals surface area contributed by atoms with Gasteiger partial charge in [0.25, 0.3) is 10.0 Å². The zero-order chi connectivity index (χ0) is 24.5. The lowest BCUT2D eigenvalue weighted by molar-refractivity contribution is -0.930. The number of quaternary nitrogens is 1. The molecule has 0 fully saturated rings. The van der Waals surface area contributed by atoms with Crippen LogP contribution in [0.1, 0.15) is 11.1 Å². The average Bonchev–Trinajstić information content (AvgIpc) is 2.89. The van der Waals surface area contributed by atoms with Gasteiger partial charge in [0.15, 0.2) is 0 Å². The van der Waals surface area contributed by atoms with E-state index in [0.717, 1.165) is 18.0 Å². The first-order valence-corrected chi connectivity index (χ1v) is 13.2. The second kappa shape index (κ2) is 11.8. The molecule has 0 aliphatic carbocycles. The molecule has 0 heterocycles. The summed E-state index contributed by atoms with van der Waals surface area (Å²) in [5.74, 6) is 0. The minimum absolute atomic E-state index is 0.0334. The van der Waals surface area contributed by atoms with Gasteiger partial charge in [-0.2, -0.15) is 0 Å². The molecule has 0 radical (unpaired) electrons. The van der Waals surface area contributed by atoms with Gasteiger partial charge in [-0.15, -0.1) is 0 Å². The van der Waals surface area contributed by atoms with Crippen LogP contribution in [0.4, 0.5) is 5.69 Å². The van der Waals surface area contributed by atoms with Crippen molar-refractivity contribution in [1.82, 2.24) is 0 Å². The molecule has 5 nitrogen and oxygen atoms in total. The first-order chi connectivity index (χ1) is 17.0. The minimum Gasteiger partial charge on any atom is -0.385 e. The van der Waals surface area contributed by atoms with E-state index in [-0.39, 0.29) is 11.4 Å². The first kappa shape index (κ1) is 24.7. The maximum absolute atomic E-state index is 13.5. The molecule has 0 spiro atoms. The largest absolute Gasteiger partial charge is 0.385 e. The predicted octanol–water partition coefficient (Wildman–Crippen LogP) is 3.53. The van der Waals surface area contributed by atoms with Crippen molar-refractivity contribution in [2.75, 3.05) is 17.4 Å². The number of aliphatic hydroxyl groups excluding tert-OH is 1. The van der Waals surface area contributed by atoms with Gasteiger partial charge in [0.1, 0.15) is 25.7 Å². The van der Waals surface area contributed by atoms with Crippen LogP contribution in [-0.4, -0.2) is 32.7 Å². The first-order valence-electron chi connectivity index (χ1n) is 11.7. The number of hydrogen-bond acceptors (Lipinski definition) is 3. The molecule has 180 valence electrons. The predicted molar refractivity (Wildman–Crippen MR) is 140 cm³/mol. The van der Waals surface area contributed by atoms with Crippen molar-refractivity contribution in [2.45, 2.75) is 24.1 Å². The lowest BCUT2D eigenvalue weighted by atomic mass is 10.1. The van der Waals surface area contributed by atoms with Crippen LogP contribution in [0.2, 0.25) is 0 Å². The number of nitrogens with one attached hydrogen (secondary N) is 1. The fraction of sp³-hybridized carbons (Fsp3) is 0.172. The van der Waals surface area contributed by atoms with Crippen molar-refractivity contribution >= 4 is 15.7 Å². The monoisotopic (exact) mass is 487 g/mol. The Morgan fingerprint density at radius 3 is 1.57 bits per heavy atom. The molecule has 4 rings (SSSR count). The summed E-state index contributed by atoms with van der Waals surface area (Å²) in [6.07, 6.45) is -0.865. The summed E-state index contributed by atoms with van der Waals surface area (Å²) in [7, 11) is -3.84. The zero-order valence-corrected chi connectivity index (χ0v) is 20.4. The third kappa shape index (κ3) is 6.79. The van der Waals surface area contributed by atoms with E-state index < -0.39 is 16.1 Å². The second-order valence-corrected chi connectivity index (χ2v) is 10.5. The van der Waals surface area contributed by atoms with E-state index in [4.69, 9.17) is 0 Å². The van der Waals surface area contributed by atoms with Crippen LogP contribution in [0.5, 0.6) is 0 Å². The molecule has 0 aliphatic heterocycles. The molecule has 1 atom stereocenters. The highest BCUT2D eigenvalue weighted by atomic mass is 32.2. The van der Waals surface area contributed by atoms with Crippen molar-refractivity contribution in [1.29, 1.82) is 0 Å². The molecule has 4 aromatic carbocycles. The fourth-order valence-electron chi connectivity index (χ4n) is 4.22. The number of nitrogens with zero attached hydrogens (tertiary/aromatic N) is 1. The number of benzene rings is 4. The quantitative estimate of drug-likeness (QED) is 0.340. The van der Waals surface area contributed by atoms with Gasteiger partial charge in [-0.1, -0.05) is 97.1 Å². The summed E-state index contributed by atoms with van der Waals surface area (Å²) < 4.78 is 28.4. The third-order valence-corrected chi connectivity index (χ3v) is 7.68. The number of para-hydroxylation sites is 1. The number of sulfonamides is 1. The molecule has 0 aliphatic rings. The molecule has 0 saturated heterocycles. The van der Waals surface area contributed by atoms with Crippen molar-refractivity contribution in [3.63, 3.8) is 0 Å². The zero-order valence-electron chi connectivity index (χ0n) is 19.6. The number of hydrogen-bond donors (Lipinski definition) is 2. The van der Waals surface area contributed by atoms with E-state index in [2.05, 4.69) is 24.3 Å². The SMILES string of the molecule is O=S(=O)(c1ccccc1)N(CC(O)C[NH+](Cc1ccccc1)Cc1ccccc1)c1ccccc1. The topological polar surface area (TPSA) is 62.0 Å². The number of rotatable bonds is 11. The molecule has 4 aromatic rings. The standard InChI is InChI=1S/C29H30N2O3S/c32-28(23-30(21-25-13-5-1-6-14-25)22-26-15-7-2-8-16-26)24-31(27-17-9-3-10-18-27)35(33,34)29-19-11-4-12-20-29/h1-20,28,32H,21-24H2/p+1. The van der Waals surface area contributed by atoms with Crippen LogP contribution in [0.15, 0.2) is 126 Å². The van der Waals surface area contributed by atoms with Crippen LogP contribution in [-0.2, 0) is 23.1 Å². The Balaban J connectivity index is 1.57. The van der Waals surface area contributed by atoms with E-state index >= 15 is 0 Å². The summed E-state index contributed by atoms with van der Waals surface area (Å²) >= 11 is 0. The smallest absolute Gasteiger partial charge is 0.264 e. The lowest BCUT2D eigenvalue weighted by Crippen LogP contribution is -3.10. The van der Waals surface area contributed by atoms with E-state index in [1.165, 1.54) is 15.4 Å². The van der Waals surface area contributed by atoms with E-state index in [1.54, 1.807) is 54.6 Å². The highest BCUT2D eigenvalue weighted by molar-refractivity contribution is 7.92. The van der Waals surface area contributed by atoms with Gasteiger partial charge in [-0.25, -0.2) is 8.42 Å². The Kier molecular flexibility index (Phi) is 8.32. The van der Waals surface area contributed by atoms with Crippen LogP contribution in [0.25, 0.3) is 0 Å². The van der Waals surface area contributed by atoms with Gasteiger partial charge >= 0.3 is 0 Å². The highest BCUT2D eigenvalue weighted by Gasteiger charge is 2.28. The summed E-state index contributed by atoms with van der Waals surface area (Å²) in [5, 5.41) is 11.2. The van der Waals surface area contributed by atoms with Crippen molar-refractivity contribution in [3.8, 4) is 0 Å². The Bertz CT molecular complexity index is 1230. The molecule has 0 saturated carbocycles. The normalized spacial score (nSPS) is 12.4. The number of aliphatic hydroxyl groups is 1. The maximum Gasteiger partial charge on any atom is 0.264 e. The van der Waals surface area contributed by atoms with Gasteiger partial charge in [-0.3, -0.25) is 4.31 Å². The molecule has 6 heteroatoms. The molecule has 0 amide bonds.